The maximum Gasteiger partial charge on any atom is 0.116 e. The highest BCUT2D eigenvalue weighted by atomic mass is 14.5. The zero-order valence-corrected chi connectivity index (χ0v) is 23.1. The van der Waals surface area contributed by atoms with Crippen LogP contribution in [0.5, 0.6) is 0 Å². The zero-order chi connectivity index (χ0) is 26.7. The van der Waals surface area contributed by atoms with Crippen LogP contribution in [-0.2, 0) is 5.41 Å². The second-order valence-corrected chi connectivity index (χ2v) is 12.9. The molecule has 0 bridgehead atoms. The van der Waals surface area contributed by atoms with E-state index < -0.39 is 0 Å². The molecule has 188 valence electrons. The average molecular weight is 511 g/mol. The third-order valence-electron chi connectivity index (χ3n) is 9.71. The van der Waals surface area contributed by atoms with Crippen molar-refractivity contribution in [2.75, 3.05) is 0 Å². The van der Waals surface area contributed by atoms with E-state index in [1.165, 1.54) is 83.5 Å². The van der Waals surface area contributed by atoms with Crippen LogP contribution in [0.3, 0.4) is 0 Å². The van der Waals surface area contributed by atoms with Gasteiger partial charge >= 0.3 is 0 Å². The molecule has 2 unspecified atom stereocenters. The van der Waals surface area contributed by atoms with Crippen molar-refractivity contribution < 1.29 is 0 Å². The quantitative estimate of drug-likeness (QED) is 0.182. The minimum Gasteiger partial charge on any atom is -0.0616 e. The first-order chi connectivity index (χ1) is 19.5. The van der Waals surface area contributed by atoms with Crippen LogP contribution in [0.4, 0.5) is 0 Å². The summed E-state index contributed by atoms with van der Waals surface area (Å²) in [7, 11) is 0. The number of allylic oxidation sites excluding steroid dienone is 3. The predicted molar refractivity (Wildman–Crippen MR) is 170 cm³/mol. The zero-order valence-electron chi connectivity index (χ0n) is 23.1. The van der Waals surface area contributed by atoms with Crippen molar-refractivity contribution in [2.45, 2.75) is 32.1 Å². The van der Waals surface area contributed by atoms with Gasteiger partial charge in [0, 0.05) is 53.0 Å². The van der Waals surface area contributed by atoms with Crippen LogP contribution in [0.2, 0.25) is 0 Å². The Morgan fingerprint density at radius 1 is 0.625 bits per heavy atom. The van der Waals surface area contributed by atoms with Gasteiger partial charge in [-0.2, -0.15) is 0 Å². The molecule has 5 aromatic rings. The molecule has 0 N–H and O–H groups in total. The molecule has 0 nitrogen and oxygen atoms in total. The lowest BCUT2D eigenvalue weighted by molar-refractivity contribution is 0.579. The first kappa shape index (κ1) is 22.4. The molecule has 0 spiro atoms. The fourth-order valence-electron chi connectivity index (χ4n) is 7.81. The molecule has 0 radical (unpaired) electrons. The highest BCUT2D eigenvalue weighted by Gasteiger charge is 2.54. The Morgan fingerprint density at radius 3 is 2.23 bits per heavy atom. The van der Waals surface area contributed by atoms with Crippen molar-refractivity contribution in [3.05, 3.63) is 153 Å². The number of rotatable bonds is 0. The minimum absolute atomic E-state index is 0.114. The number of hydrogen-bond donors (Lipinski definition) is 0. The number of fused-ring (bicyclic) bond motifs is 10. The summed E-state index contributed by atoms with van der Waals surface area (Å²) in [5.41, 5.74) is 12.7. The van der Waals surface area contributed by atoms with E-state index in [9.17, 15) is 0 Å². The molecule has 0 heterocycles. The lowest BCUT2D eigenvalue weighted by Crippen LogP contribution is -2.35. The van der Waals surface area contributed by atoms with Crippen LogP contribution < -0.4 is 0 Å². The molecule has 5 aromatic carbocycles. The van der Waals surface area contributed by atoms with Gasteiger partial charge in [0.2, 0.25) is 0 Å². The first-order valence-electron chi connectivity index (χ1n) is 14.5. The molecule has 0 amide bonds. The molecule has 2 atom stereocenters. The summed E-state index contributed by atoms with van der Waals surface area (Å²) in [4.78, 5) is 0. The van der Waals surface area contributed by atoms with E-state index in [1.807, 2.05) is 0 Å². The van der Waals surface area contributed by atoms with Crippen LogP contribution >= 0.6 is 0 Å². The van der Waals surface area contributed by atoms with E-state index >= 15 is 0 Å². The van der Waals surface area contributed by atoms with E-state index in [0.29, 0.717) is 0 Å². The Balaban J connectivity index is 1.33. The van der Waals surface area contributed by atoms with Gasteiger partial charge in [0.25, 0.3) is 0 Å². The minimum atomic E-state index is 0.114. The van der Waals surface area contributed by atoms with Gasteiger partial charge in [-0.05, 0) is 81.9 Å². The molecule has 0 saturated carbocycles. The van der Waals surface area contributed by atoms with Crippen LogP contribution in [0, 0.1) is 17.8 Å². The van der Waals surface area contributed by atoms with Gasteiger partial charge in [-0.25, -0.2) is 0 Å². The summed E-state index contributed by atoms with van der Waals surface area (Å²) in [5.74, 6) is 3.48. The van der Waals surface area contributed by atoms with Gasteiger partial charge in [0.1, 0.15) is 11.1 Å². The molecule has 0 saturated heterocycles. The maximum atomic E-state index is 2.51. The molecule has 9 rings (SSSR count). The topological polar surface area (TPSA) is 0 Å². The maximum absolute atomic E-state index is 2.51. The van der Waals surface area contributed by atoms with Gasteiger partial charge in [-0.15, -0.1) is 0 Å². The van der Waals surface area contributed by atoms with Gasteiger partial charge in [-0.1, -0.05) is 45.0 Å². The van der Waals surface area contributed by atoms with E-state index in [4.69, 9.17) is 0 Å². The molecular formula is C40H30+2. The van der Waals surface area contributed by atoms with Crippen molar-refractivity contribution in [3.8, 4) is 0 Å². The second kappa shape index (κ2) is 7.61. The Bertz CT molecular complexity index is 2000. The van der Waals surface area contributed by atoms with Gasteiger partial charge in [0.15, 0.2) is 0 Å². The Labute approximate surface area is 236 Å². The van der Waals surface area contributed by atoms with Crippen LogP contribution in [0.1, 0.15) is 71.2 Å². The molecular weight excluding hydrogens is 480 g/mol. The van der Waals surface area contributed by atoms with Crippen molar-refractivity contribution >= 4 is 45.3 Å². The summed E-state index contributed by atoms with van der Waals surface area (Å²) < 4.78 is 0. The SMILES string of the molecule is CC(C)(C)c1cc2c3c4c(ccc3c1)C=C1c3ccccc3[C+]3C=Cc5cc6ccccc6cc5C3C1[C+]4C=C2. The van der Waals surface area contributed by atoms with Crippen molar-refractivity contribution in [2.24, 2.45) is 5.92 Å². The van der Waals surface area contributed by atoms with E-state index in [2.05, 4.69) is 136 Å². The van der Waals surface area contributed by atoms with E-state index in [-0.39, 0.29) is 17.3 Å². The molecule has 0 aliphatic heterocycles. The summed E-state index contributed by atoms with van der Waals surface area (Å²) in [5, 5.41) is 5.41. The van der Waals surface area contributed by atoms with Crippen LogP contribution in [-0.4, -0.2) is 0 Å². The molecule has 0 heteroatoms. The Hall–Kier alpha value is -4.42. The fraction of sp³-hybridized carbons (Fsp3) is 0.150. The number of hydrogen-bond acceptors (Lipinski definition) is 0. The molecule has 4 aliphatic rings. The van der Waals surface area contributed by atoms with Crippen LogP contribution in [0.15, 0.2) is 97.1 Å². The van der Waals surface area contributed by atoms with E-state index in [0.717, 1.165) is 0 Å². The molecule has 40 heavy (non-hydrogen) atoms. The highest BCUT2D eigenvalue weighted by Crippen LogP contribution is 2.61. The normalized spacial score (nSPS) is 19.7. The average Bonchev–Trinajstić information content (AvgIpc) is 2.97. The molecule has 4 aliphatic carbocycles. The lowest BCUT2D eigenvalue weighted by Gasteiger charge is -2.41. The summed E-state index contributed by atoms with van der Waals surface area (Å²) in [6.45, 7) is 6.94. The number of benzene rings is 5. The van der Waals surface area contributed by atoms with Gasteiger partial charge in [-0.3, -0.25) is 0 Å². The third-order valence-corrected chi connectivity index (χ3v) is 9.71. The lowest BCUT2D eigenvalue weighted by atomic mass is 9.55. The largest absolute Gasteiger partial charge is 0.116 e. The summed E-state index contributed by atoms with van der Waals surface area (Å²) in [6, 6.07) is 32.3. The van der Waals surface area contributed by atoms with Crippen LogP contribution in [0.25, 0.3) is 45.3 Å². The summed E-state index contributed by atoms with van der Waals surface area (Å²) >= 11 is 0. The third kappa shape index (κ3) is 2.91. The summed E-state index contributed by atoms with van der Waals surface area (Å²) in [6.07, 6.45) is 12.1. The van der Waals surface area contributed by atoms with E-state index in [1.54, 1.807) is 0 Å². The Morgan fingerprint density at radius 2 is 1.38 bits per heavy atom. The molecule has 0 fully saturated rings. The van der Waals surface area contributed by atoms with Crippen molar-refractivity contribution in [1.82, 2.24) is 0 Å². The van der Waals surface area contributed by atoms with Crippen molar-refractivity contribution in [3.63, 3.8) is 0 Å². The monoisotopic (exact) mass is 510 g/mol. The first-order valence-corrected chi connectivity index (χ1v) is 14.5. The van der Waals surface area contributed by atoms with Gasteiger partial charge in [0.05, 0.1) is 45.7 Å². The van der Waals surface area contributed by atoms with Gasteiger partial charge < -0.3 is 0 Å². The highest BCUT2D eigenvalue weighted by molar-refractivity contribution is 6.06. The second-order valence-electron chi connectivity index (χ2n) is 12.9. The fourth-order valence-corrected chi connectivity index (χ4v) is 7.81. The standard InChI is InChI=1S/C40H30/c1-40(2,3)29-19-26-12-13-28-22-35-31-11-7-6-10-30(31)32-16-14-25-18-23-8-4-5-9-24(23)21-34(25)38(32)39(35)33-17-15-27(20-29)36(26)37(28)33/h4-22,38-39H,1-3H3/q+2. The Kier molecular flexibility index (Phi) is 4.26. The molecule has 0 aromatic heterocycles. The smallest absolute Gasteiger partial charge is 0.0616 e. The van der Waals surface area contributed by atoms with Crippen molar-refractivity contribution in [1.29, 1.82) is 0 Å². The predicted octanol–water partition coefficient (Wildman–Crippen LogP) is 10.2.